The lowest BCUT2D eigenvalue weighted by molar-refractivity contribution is -0.128. The third-order valence-electron chi connectivity index (χ3n) is 5.90. The van der Waals surface area contributed by atoms with Crippen molar-refractivity contribution in [2.24, 2.45) is 5.73 Å². The predicted octanol–water partition coefficient (Wildman–Crippen LogP) is 3.01. The van der Waals surface area contributed by atoms with E-state index in [4.69, 9.17) is 5.73 Å². The number of hydrogen-bond donors (Lipinski definition) is 2. The molecule has 6 heteroatoms. The molecule has 0 spiro atoms. The van der Waals surface area contributed by atoms with E-state index in [1.54, 1.807) is 0 Å². The van der Waals surface area contributed by atoms with Crippen molar-refractivity contribution in [3.63, 3.8) is 0 Å². The van der Waals surface area contributed by atoms with Crippen molar-refractivity contribution >= 4 is 30.7 Å². The minimum Gasteiger partial charge on any atom is -0.352 e. The van der Waals surface area contributed by atoms with Crippen LogP contribution in [0.2, 0.25) is 0 Å². The normalized spacial score (nSPS) is 26.1. The van der Waals surface area contributed by atoms with Crippen LogP contribution in [0, 0.1) is 0 Å². The fraction of sp³-hybridized carbons (Fsp3) is 0.941. The Morgan fingerprint density at radius 1 is 0.913 bits per heavy atom. The van der Waals surface area contributed by atoms with Crippen LogP contribution in [0.15, 0.2) is 0 Å². The molecule has 1 saturated heterocycles. The molecule has 3 rings (SSSR count). The zero-order valence-electron chi connectivity index (χ0n) is 14.1. The Morgan fingerprint density at radius 3 is 2.04 bits per heavy atom. The van der Waals surface area contributed by atoms with Crippen molar-refractivity contribution in [2.75, 3.05) is 13.1 Å². The summed E-state index contributed by atoms with van der Waals surface area (Å²) < 4.78 is 0. The van der Waals surface area contributed by atoms with Crippen molar-refractivity contribution in [3.8, 4) is 0 Å². The maximum atomic E-state index is 12.5. The van der Waals surface area contributed by atoms with E-state index in [2.05, 4.69) is 10.2 Å². The minimum absolute atomic E-state index is 0. The fourth-order valence-corrected chi connectivity index (χ4v) is 4.42. The Bertz CT molecular complexity index is 361. The first-order valence-corrected chi connectivity index (χ1v) is 9.01. The summed E-state index contributed by atoms with van der Waals surface area (Å²) in [5.74, 6) is 0.113. The van der Waals surface area contributed by atoms with Crippen molar-refractivity contribution in [1.82, 2.24) is 10.2 Å². The monoisotopic (exact) mass is 365 g/mol. The van der Waals surface area contributed by atoms with Crippen LogP contribution in [0.5, 0.6) is 0 Å². The zero-order chi connectivity index (χ0) is 14.7. The summed E-state index contributed by atoms with van der Waals surface area (Å²) in [5, 5.41) is 3.25. The zero-order valence-corrected chi connectivity index (χ0v) is 15.7. The third-order valence-corrected chi connectivity index (χ3v) is 5.90. The summed E-state index contributed by atoms with van der Waals surface area (Å²) in [5.41, 5.74) is 5.74. The lowest BCUT2D eigenvalue weighted by Crippen LogP contribution is -2.58. The van der Waals surface area contributed by atoms with Crippen molar-refractivity contribution in [1.29, 1.82) is 0 Å². The van der Waals surface area contributed by atoms with Crippen molar-refractivity contribution < 1.29 is 4.79 Å². The van der Waals surface area contributed by atoms with E-state index in [0.29, 0.717) is 6.04 Å². The number of nitrogens with two attached hydrogens (primary N) is 1. The second-order valence-electron chi connectivity index (χ2n) is 7.44. The molecule has 2 aliphatic carbocycles. The molecule has 4 nitrogen and oxygen atoms in total. The van der Waals surface area contributed by atoms with Gasteiger partial charge in [0.05, 0.1) is 5.54 Å². The Hall–Kier alpha value is -0.0300. The van der Waals surface area contributed by atoms with Gasteiger partial charge in [-0.05, 0) is 38.5 Å². The number of carbonyl (C=O) groups is 1. The molecular formula is C17H33Cl2N3O. The smallest absolute Gasteiger partial charge is 0.240 e. The average molecular weight is 366 g/mol. The number of halogens is 2. The number of nitrogens with one attached hydrogen (secondary N) is 1. The summed E-state index contributed by atoms with van der Waals surface area (Å²) in [4.78, 5) is 15.1. The van der Waals surface area contributed by atoms with Gasteiger partial charge in [0, 0.05) is 25.2 Å². The van der Waals surface area contributed by atoms with E-state index >= 15 is 0 Å². The topological polar surface area (TPSA) is 58.4 Å². The molecule has 2 saturated carbocycles. The second kappa shape index (κ2) is 9.45. The highest BCUT2D eigenvalue weighted by Crippen LogP contribution is 2.28. The molecule has 3 fully saturated rings. The number of piperidine rings is 1. The quantitative estimate of drug-likeness (QED) is 0.807. The van der Waals surface area contributed by atoms with E-state index in [-0.39, 0.29) is 30.7 Å². The molecule has 0 atom stereocenters. The van der Waals surface area contributed by atoms with Crippen LogP contribution >= 0.6 is 24.8 Å². The van der Waals surface area contributed by atoms with Gasteiger partial charge >= 0.3 is 0 Å². The molecular weight excluding hydrogens is 333 g/mol. The molecule has 23 heavy (non-hydrogen) atoms. The van der Waals surface area contributed by atoms with Crippen LogP contribution in [0.3, 0.4) is 0 Å². The molecule has 0 unspecified atom stereocenters. The average Bonchev–Trinajstić information content (AvgIpc) is 3.03. The van der Waals surface area contributed by atoms with Gasteiger partial charge in [-0.3, -0.25) is 4.79 Å². The number of nitrogens with zero attached hydrogens (tertiary/aromatic N) is 1. The standard InChI is InChI=1S/C17H31N3O.2ClH/c18-17(10-4-1-5-11-17)16(21)19-14-8-12-20(13-9-14)15-6-2-3-7-15;;/h14-15H,1-13,18H2,(H,19,21);2*1H. The first-order valence-electron chi connectivity index (χ1n) is 9.01. The lowest BCUT2D eigenvalue weighted by Gasteiger charge is -2.38. The van der Waals surface area contributed by atoms with E-state index in [0.717, 1.165) is 57.7 Å². The molecule has 0 aromatic heterocycles. The fourth-order valence-electron chi connectivity index (χ4n) is 4.42. The Labute approximate surface area is 153 Å². The summed E-state index contributed by atoms with van der Waals surface area (Å²) in [6.45, 7) is 2.29. The van der Waals surface area contributed by atoms with Gasteiger partial charge in [0.15, 0.2) is 0 Å². The van der Waals surface area contributed by atoms with Gasteiger partial charge in [-0.25, -0.2) is 0 Å². The van der Waals surface area contributed by atoms with Crippen LogP contribution in [0.25, 0.3) is 0 Å². The van der Waals surface area contributed by atoms with E-state index in [9.17, 15) is 4.79 Å². The summed E-state index contributed by atoms with van der Waals surface area (Å²) >= 11 is 0. The first-order chi connectivity index (χ1) is 10.2. The van der Waals surface area contributed by atoms with Crippen LogP contribution < -0.4 is 11.1 Å². The second-order valence-corrected chi connectivity index (χ2v) is 7.44. The minimum atomic E-state index is -0.583. The molecule has 0 radical (unpaired) electrons. The van der Waals surface area contributed by atoms with Crippen LogP contribution in [0.1, 0.15) is 70.6 Å². The predicted molar refractivity (Wildman–Crippen MR) is 99.5 cm³/mol. The molecule has 1 heterocycles. The highest BCUT2D eigenvalue weighted by atomic mass is 35.5. The van der Waals surface area contributed by atoms with E-state index in [1.807, 2.05) is 0 Å². The molecule has 0 aromatic rings. The largest absolute Gasteiger partial charge is 0.352 e. The van der Waals surface area contributed by atoms with Crippen LogP contribution in [-0.4, -0.2) is 41.5 Å². The maximum Gasteiger partial charge on any atom is 0.240 e. The lowest BCUT2D eigenvalue weighted by atomic mass is 9.81. The molecule has 136 valence electrons. The van der Waals surface area contributed by atoms with Gasteiger partial charge in [-0.2, -0.15) is 0 Å². The highest BCUT2D eigenvalue weighted by molar-refractivity contribution is 5.86. The number of hydrogen-bond acceptors (Lipinski definition) is 3. The van der Waals surface area contributed by atoms with Crippen molar-refractivity contribution in [2.45, 2.75) is 88.3 Å². The van der Waals surface area contributed by atoms with E-state index < -0.39 is 5.54 Å². The van der Waals surface area contributed by atoms with Gasteiger partial charge in [0.1, 0.15) is 0 Å². The number of carbonyl (C=O) groups excluding carboxylic acids is 1. The maximum absolute atomic E-state index is 12.5. The molecule has 0 aromatic carbocycles. The molecule has 1 aliphatic heterocycles. The van der Waals surface area contributed by atoms with Gasteiger partial charge in [-0.15, -0.1) is 24.8 Å². The summed E-state index contributed by atoms with van der Waals surface area (Å²) in [7, 11) is 0. The SMILES string of the molecule is Cl.Cl.NC1(C(=O)NC2CCN(C3CCCC3)CC2)CCCCC1. The molecule has 1 amide bonds. The molecule has 0 bridgehead atoms. The number of likely N-dealkylation sites (tertiary alicyclic amines) is 1. The third kappa shape index (κ3) is 5.22. The molecule has 3 N–H and O–H groups in total. The summed E-state index contributed by atoms with van der Waals surface area (Å²) in [6, 6.07) is 1.17. The number of amides is 1. The van der Waals surface area contributed by atoms with Gasteiger partial charge in [-0.1, -0.05) is 32.1 Å². The number of rotatable bonds is 3. The molecule has 3 aliphatic rings. The summed E-state index contributed by atoms with van der Waals surface area (Å²) in [6.07, 6.45) is 12.9. The van der Waals surface area contributed by atoms with Gasteiger partial charge in [0.25, 0.3) is 0 Å². The van der Waals surface area contributed by atoms with Crippen molar-refractivity contribution in [3.05, 3.63) is 0 Å². The van der Waals surface area contributed by atoms with Crippen LogP contribution in [0.4, 0.5) is 0 Å². The highest BCUT2D eigenvalue weighted by Gasteiger charge is 2.37. The first kappa shape index (κ1) is 21.0. The Kier molecular flexibility index (Phi) is 8.64. The van der Waals surface area contributed by atoms with Crippen LogP contribution in [-0.2, 0) is 4.79 Å². The van der Waals surface area contributed by atoms with Gasteiger partial charge < -0.3 is 16.0 Å². The van der Waals surface area contributed by atoms with E-state index in [1.165, 1.54) is 32.1 Å². The Balaban J connectivity index is 0.00000132. The Morgan fingerprint density at radius 2 is 1.48 bits per heavy atom. The van der Waals surface area contributed by atoms with Gasteiger partial charge in [0.2, 0.25) is 5.91 Å².